The molecule has 0 amide bonds. The summed E-state index contributed by atoms with van der Waals surface area (Å²) >= 11 is 0. The fourth-order valence-electron chi connectivity index (χ4n) is 0.592. The van der Waals surface area contributed by atoms with E-state index in [1.807, 2.05) is 0 Å². The molecule has 1 aromatic carbocycles. The van der Waals surface area contributed by atoms with E-state index in [4.69, 9.17) is 4.55 Å². The maximum Gasteiger partial charge on any atom is 0.294 e. The molecule has 1 N–H and O–H groups in total. The molecule has 1 rings (SSSR count). The van der Waals surface area contributed by atoms with Crippen molar-refractivity contribution in [2.45, 2.75) is 4.90 Å². The third kappa shape index (κ3) is 4.01. The topological polar surface area (TPSA) is 54.4 Å². The van der Waals surface area contributed by atoms with Crippen molar-refractivity contribution >= 4 is 37.1 Å². The van der Waals surface area contributed by atoms with Crippen molar-refractivity contribution in [1.29, 1.82) is 0 Å². The van der Waals surface area contributed by atoms with E-state index < -0.39 is 10.1 Å². The molecule has 0 aromatic heterocycles. The lowest BCUT2D eigenvalue weighted by Gasteiger charge is -1.92. The second-order valence-corrected chi connectivity index (χ2v) is 3.21. The van der Waals surface area contributed by atoms with Gasteiger partial charge in [0, 0.05) is 0 Å². The van der Waals surface area contributed by atoms with Crippen LogP contribution in [-0.4, -0.2) is 13.0 Å². The molecule has 0 saturated carbocycles. The summed E-state index contributed by atoms with van der Waals surface area (Å²) in [5.74, 6) is 0. The average molecular weight is 226 g/mol. The van der Waals surface area contributed by atoms with E-state index in [1.54, 1.807) is 18.2 Å². The molecule has 0 aliphatic carbocycles. The Kier molecular flexibility index (Phi) is 6.55. The van der Waals surface area contributed by atoms with Crippen molar-refractivity contribution in [3.8, 4) is 0 Å². The quantitative estimate of drug-likeness (QED) is 0.731. The Morgan fingerprint density at radius 1 is 1.00 bits per heavy atom. The van der Waals surface area contributed by atoms with Gasteiger partial charge in [-0.25, -0.2) is 0 Å². The normalized spacial score (nSPS) is 9.42. The molecule has 0 unspecified atom stereocenters. The number of benzene rings is 1. The van der Waals surface area contributed by atoms with Crippen LogP contribution in [0.25, 0.3) is 0 Å². The smallest absolute Gasteiger partial charge is 0.282 e. The molecule has 12 heavy (non-hydrogen) atoms. The predicted molar refractivity (Wildman–Crippen MR) is 57.0 cm³/mol. The summed E-state index contributed by atoms with van der Waals surface area (Å²) in [6, 6.07) is 7.42. The van der Waals surface area contributed by atoms with Gasteiger partial charge in [0.2, 0.25) is 0 Å². The zero-order valence-electron chi connectivity index (χ0n) is 6.06. The Morgan fingerprint density at radius 3 is 1.67 bits per heavy atom. The van der Waals surface area contributed by atoms with Gasteiger partial charge in [-0.3, -0.25) is 4.55 Å². The highest BCUT2D eigenvalue weighted by atomic mass is 32.2. The molecule has 6 heteroatoms. The van der Waals surface area contributed by atoms with Crippen molar-refractivity contribution in [3.63, 3.8) is 0 Å². The van der Waals surface area contributed by atoms with E-state index in [9.17, 15) is 8.42 Å². The highest BCUT2D eigenvalue weighted by Crippen LogP contribution is 2.05. The van der Waals surface area contributed by atoms with Crippen molar-refractivity contribution in [1.82, 2.24) is 0 Å². The van der Waals surface area contributed by atoms with Crippen LogP contribution in [0.15, 0.2) is 35.2 Å². The Bertz CT molecular complexity index is 306. The van der Waals surface area contributed by atoms with Gasteiger partial charge in [0.1, 0.15) is 0 Å². The summed E-state index contributed by atoms with van der Waals surface area (Å²) in [4.78, 5) is -0.0741. The summed E-state index contributed by atoms with van der Waals surface area (Å²) < 4.78 is 29.2. The summed E-state index contributed by atoms with van der Waals surface area (Å²) in [5, 5.41) is 0. The molecule has 70 valence electrons. The standard InChI is InChI=1S/C6H6O3S.2H2S/c7-10(8,9)6-4-2-1-3-5-6;;/h1-5H,(H,7,8,9);2*1H2. The zero-order valence-corrected chi connectivity index (χ0v) is 8.88. The van der Waals surface area contributed by atoms with Crippen molar-refractivity contribution < 1.29 is 13.0 Å². The number of hydrogen-bond acceptors (Lipinski definition) is 2. The number of hydrogen-bond donors (Lipinski definition) is 1. The maximum absolute atomic E-state index is 10.4. The molecule has 0 fully saturated rings. The summed E-state index contributed by atoms with van der Waals surface area (Å²) in [6.07, 6.45) is 0. The van der Waals surface area contributed by atoms with E-state index >= 15 is 0 Å². The fraction of sp³-hybridized carbons (Fsp3) is 0. The predicted octanol–water partition coefficient (Wildman–Crippen LogP) is 1.16. The lowest BCUT2D eigenvalue weighted by molar-refractivity contribution is 0.483. The van der Waals surface area contributed by atoms with Crippen LogP contribution < -0.4 is 0 Å². The van der Waals surface area contributed by atoms with Crippen LogP contribution in [0.4, 0.5) is 0 Å². The largest absolute Gasteiger partial charge is 0.294 e. The van der Waals surface area contributed by atoms with Crippen LogP contribution in [-0.2, 0) is 10.1 Å². The Hall–Kier alpha value is -0.170. The molecule has 0 bridgehead atoms. The van der Waals surface area contributed by atoms with Gasteiger partial charge in [-0.2, -0.15) is 35.4 Å². The van der Waals surface area contributed by atoms with Crippen molar-refractivity contribution in [3.05, 3.63) is 30.3 Å². The Balaban J connectivity index is 0. The van der Waals surface area contributed by atoms with E-state index in [-0.39, 0.29) is 31.9 Å². The molecule has 0 atom stereocenters. The molecule has 1 aromatic rings. The first kappa shape index (κ1) is 14.4. The van der Waals surface area contributed by atoms with E-state index in [1.165, 1.54) is 12.1 Å². The highest BCUT2D eigenvalue weighted by molar-refractivity contribution is 7.85. The monoisotopic (exact) mass is 226 g/mol. The second kappa shape index (κ2) is 5.47. The van der Waals surface area contributed by atoms with Crippen LogP contribution in [0, 0.1) is 0 Å². The second-order valence-electron chi connectivity index (χ2n) is 1.79. The van der Waals surface area contributed by atoms with Crippen LogP contribution in [0.1, 0.15) is 0 Å². The molecular formula is C6H10O3S3. The fourth-order valence-corrected chi connectivity index (χ4v) is 1.09. The lowest BCUT2D eigenvalue weighted by atomic mass is 10.4. The van der Waals surface area contributed by atoms with Gasteiger partial charge in [-0.1, -0.05) is 18.2 Å². The molecule has 0 radical (unpaired) electrons. The Morgan fingerprint density at radius 2 is 1.42 bits per heavy atom. The molecule has 0 saturated heterocycles. The number of rotatable bonds is 1. The van der Waals surface area contributed by atoms with Gasteiger partial charge in [0.15, 0.2) is 0 Å². The minimum atomic E-state index is -4.00. The molecule has 0 heterocycles. The minimum Gasteiger partial charge on any atom is -0.282 e. The molecule has 3 nitrogen and oxygen atoms in total. The summed E-state index contributed by atoms with van der Waals surface area (Å²) in [6.45, 7) is 0. The van der Waals surface area contributed by atoms with Gasteiger partial charge < -0.3 is 0 Å². The Labute approximate surface area is 85.4 Å². The lowest BCUT2D eigenvalue weighted by Crippen LogP contribution is -1.96. The van der Waals surface area contributed by atoms with Gasteiger partial charge in [0.25, 0.3) is 10.1 Å². The minimum absolute atomic E-state index is 0. The first-order chi connectivity index (χ1) is 4.61. The van der Waals surface area contributed by atoms with E-state index in [2.05, 4.69) is 0 Å². The molecular weight excluding hydrogens is 216 g/mol. The zero-order chi connectivity index (χ0) is 7.61. The maximum atomic E-state index is 10.4. The molecule has 0 aliphatic heterocycles. The summed E-state index contributed by atoms with van der Waals surface area (Å²) in [5.41, 5.74) is 0. The van der Waals surface area contributed by atoms with E-state index in [0.29, 0.717) is 0 Å². The SMILES string of the molecule is O=S(=O)(O)c1ccccc1.S.S. The first-order valence-corrected chi connectivity index (χ1v) is 4.07. The van der Waals surface area contributed by atoms with Crippen LogP contribution in [0.5, 0.6) is 0 Å². The summed E-state index contributed by atoms with van der Waals surface area (Å²) in [7, 11) is -4.00. The van der Waals surface area contributed by atoms with E-state index in [0.717, 1.165) is 0 Å². The van der Waals surface area contributed by atoms with Gasteiger partial charge in [-0.15, -0.1) is 0 Å². The van der Waals surface area contributed by atoms with Gasteiger partial charge >= 0.3 is 0 Å². The third-order valence-electron chi connectivity index (χ3n) is 1.04. The van der Waals surface area contributed by atoms with Crippen LogP contribution in [0.2, 0.25) is 0 Å². The molecule has 0 aliphatic rings. The van der Waals surface area contributed by atoms with Crippen molar-refractivity contribution in [2.75, 3.05) is 0 Å². The first-order valence-electron chi connectivity index (χ1n) is 2.63. The van der Waals surface area contributed by atoms with Crippen LogP contribution >= 0.6 is 27.0 Å². The highest BCUT2D eigenvalue weighted by Gasteiger charge is 2.05. The third-order valence-corrected chi connectivity index (χ3v) is 1.91. The van der Waals surface area contributed by atoms with Crippen LogP contribution in [0.3, 0.4) is 0 Å². The molecule has 0 spiro atoms. The van der Waals surface area contributed by atoms with Crippen molar-refractivity contribution in [2.24, 2.45) is 0 Å². The average Bonchev–Trinajstić information content (AvgIpc) is 1.88. The van der Waals surface area contributed by atoms with Gasteiger partial charge in [-0.05, 0) is 12.1 Å². The van der Waals surface area contributed by atoms with Gasteiger partial charge in [0.05, 0.1) is 4.90 Å².